The third-order valence-electron chi connectivity index (χ3n) is 3.40. The number of ether oxygens (including phenoxy) is 1. The number of anilines is 1. The molecule has 128 valence electrons. The van der Waals surface area contributed by atoms with E-state index in [2.05, 4.69) is 5.32 Å². The number of rotatable bonds is 6. The molecule has 0 saturated heterocycles. The second kappa shape index (κ2) is 7.97. The van der Waals surface area contributed by atoms with E-state index in [4.69, 9.17) is 9.15 Å². The van der Waals surface area contributed by atoms with Gasteiger partial charge in [-0.2, -0.15) is 5.26 Å². The summed E-state index contributed by atoms with van der Waals surface area (Å²) in [5.41, 5.74) is 1.04. The van der Waals surface area contributed by atoms with Crippen molar-refractivity contribution in [2.75, 3.05) is 11.9 Å². The van der Waals surface area contributed by atoms with E-state index in [0.717, 1.165) is 11.3 Å². The minimum atomic E-state index is -0.464. The van der Waals surface area contributed by atoms with Gasteiger partial charge in [-0.3, -0.25) is 14.9 Å². The Morgan fingerprint density at radius 3 is 2.56 bits per heavy atom. The van der Waals surface area contributed by atoms with Crippen molar-refractivity contribution in [2.45, 2.75) is 20.8 Å². The Bertz CT molecular complexity index is 855. The van der Waals surface area contributed by atoms with Crippen LogP contribution >= 0.6 is 0 Å². The van der Waals surface area contributed by atoms with Crippen molar-refractivity contribution in [3.8, 4) is 11.8 Å². The Labute approximate surface area is 145 Å². The lowest BCUT2D eigenvalue weighted by Gasteiger charge is -2.02. The molecule has 0 spiro atoms. The summed E-state index contributed by atoms with van der Waals surface area (Å²) in [6.45, 7) is 5.41. The molecule has 1 amide bonds. The highest BCUT2D eigenvalue weighted by Crippen LogP contribution is 2.26. The zero-order chi connectivity index (χ0) is 18.4. The molecule has 0 radical (unpaired) electrons. The van der Waals surface area contributed by atoms with Crippen LogP contribution in [-0.4, -0.2) is 18.3 Å². The molecule has 1 heterocycles. The van der Waals surface area contributed by atoms with Crippen molar-refractivity contribution in [1.82, 2.24) is 0 Å². The number of benzene rings is 1. The van der Waals surface area contributed by atoms with Gasteiger partial charge in [0.1, 0.15) is 23.1 Å². The van der Waals surface area contributed by atoms with Gasteiger partial charge in [0.05, 0.1) is 12.2 Å². The number of nitrogens with zero attached hydrogens (tertiary/aromatic N) is 1. The lowest BCUT2D eigenvalue weighted by molar-refractivity contribution is -0.111. The number of amides is 1. The highest BCUT2D eigenvalue weighted by atomic mass is 16.5. The molecule has 2 aromatic rings. The summed E-state index contributed by atoms with van der Waals surface area (Å²) in [5.74, 6) is 0.282. The first kappa shape index (κ1) is 18.0. The molecule has 0 saturated carbocycles. The Balaban J connectivity index is 2.11. The van der Waals surface area contributed by atoms with E-state index in [1.54, 1.807) is 13.0 Å². The van der Waals surface area contributed by atoms with Crippen LogP contribution in [0.3, 0.4) is 0 Å². The second-order valence-electron chi connectivity index (χ2n) is 5.23. The molecule has 0 aliphatic heterocycles. The maximum atomic E-state index is 12.0. The summed E-state index contributed by atoms with van der Waals surface area (Å²) >= 11 is 0. The quantitative estimate of drug-likeness (QED) is 0.640. The smallest absolute Gasteiger partial charge is 0.250 e. The Hall–Kier alpha value is -3.33. The molecule has 0 aliphatic rings. The highest BCUT2D eigenvalue weighted by Gasteiger charge is 2.21. The van der Waals surface area contributed by atoms with E-state index < -0.39 is 5.91 Å². The van der Waals surface area contributed by atoms with Crippen LogP contribution in [0.15, 0.2) is 34.8 Å². The molecule has 0 atom stereocenters. The van der Waals surface area contributed by atoms with Gasteiger partial charge < -0.3 is 9.15 Å². The summed E-state index contributed by atoms with van der Waals surface area (Å²) in [4.78, 5) is 23.6. The summed E-state index contributed by atoms with van der Waals surface area (Å²) in [5, 5.41) is 11.7. The summed E-state index contributed by atoms with van der Waals surface area (Å²) in [6.07, 6.45) is 2.95. The number of carbonyl (C=O) groups is 2. The molecule has 6 nitrogen and oxygen atoms in total. The van der Waals surface area contributed by atoms with Crippen LogP contribution in [0.25, 0.3) is 6.08 Å². The van der Waals surface area contributed by atoms with E-state index in [1.807, 2.05) is 37.3 Å². The van der Waals surface area contributed by atoms with E-state index in [-0.39, 0.29) is 22.8 Å². The van der Waals surface area contributed by atoms with Crippen molar-refractivity contribution in [1.29, 1.82) is 5.26 Å². The van der Waals surface area contributed by atoms with Crippen LogP contribution in [0.1, 0.15) is 41.1 Å². The van der Waals surface area contributed by atoms with Gasteiger partial charge in [-0.25, -0.2) is 0 Å². The van der Waals surface area contributed by atoms with Gasteiger partial charge in [0.25, 0.3) is 5.91 Å². The average molecular weight is 338 g/mol. The fourth-order valence-electron chi connectivity index (χ4n) is 2.33. The standard InChI is InChI=1S/C19H18N2O4/c1-4-24-15-8-5-14(6-9-15)7-10-17(23)21-19-16(11-20)18(12(2)22)13(3)25-19/h5-10H,4H2,1-3H3,(H,21,23)/b10-7+. The SMILES string of the molecule is CCOc1ccc(/C=C/C(=O)Nc2oc(C)c(C(C)=O)c2C#N)cc1. The van der Waals surface area contributed by atoms with Crippen molar-refractivity contribution < 1.29 is 18.7 Å². The predicted molar refractivity (Wildman–Crippen MR) is 93.4 cm³/mol. The van der Waals surface area contributed by atoms with E-state index in [1.165, 1.54) is 13.0 Å². The molecule has 0 unspecified atom stereocenters. The number of Topliss-reactive ketones (excluding diaryl/α,β-unsaturated/α-hetero) is 1. The van der Waals surface area contributed by atoms with E-state index in [0.29, 0.717) is 12.4 Å². The third-order valence-corrected chi connectivity index (χ3v) is 3.40. The molecular weight excluding hydrogens is 320 g/mol. The van der Waals surface area contributed by atoms with Crippen LogP contribution < -0.4 is 10.1 Å². The van der Waals surface area contributed by atoms with Crippen LogP contribution in [0, 0.1) is 18.3 Å². The van der Waals surface area contributed by atoms with Crippen LogP contribution in [0.4, 0.5) is 5.88 Å². The summed E-state index contributed by atoms with van der Waals surface area (Å²) in [7, 11) is 0. The van der Waals surface area contributed by atoms with Gasteiger partial charge in [0.15, 0.2) is 5.78 Å². The van der Waals surface area contributed by atoms with Gasteiger partial charge in [0, 0.05) is 6.08 Å². The lowest BCUT2D eigenvalue weighted by Crippen LogP contribution is -2.08. The Kier molecular flexibility index (Phi) is 5.75. The van der Waals surface area contributed by atoms with Crippen LogP contribution in [0.5, 0.6) is 5.75 Å². The fraction of sp³-hybridized carbons (Fsp3) is 0.211. The minimum Gasteiger partial charge on any atom is -0.494 e. The van der Waals surface area contributed by atoms with Crippen molar-refractivity contribution in [3.63, 3.8) is 0 Å². The molecule has 1 aromatic carbocycles. The molecule has 1 N–H and O–H groups in total. The van der Waals surface area contributed by atoms with Gasteiger partial charge in [-0.05, 0) is 44.5 Å². The number of hydrogen-bond donors (Lipinski definition) is 1. The molecule has 2 rings (SSSR count). The maximum absolute atomic E-state index is 12.0. The number of furan rings is 1. The largest absolute Gasteiger partial charge is 0.494 e. The Morgan fingerprint density at radius 2 is 2.00 bits per heavy atom. The van der Waals surface area contributed by atoms with Crippen molar-refractivity contribution in [2.24, 2.45) is 0 Å². The molecular formula is C19H18N2O4. The first-order valence-electron chi connectivity index (χ1n) is 7.72. The van der Waals surface area contributed by atoms with Crippen LogP contribution in [0.2, 0.25) is 0 Å². The van der Waals surface area contributed by atoms with Gasteiger partial charge >= 0.3 is 0 Å². The molecule has 0 aliphatic carbocycles. The molecule has 25 heavy (non-hydrogen) atoms. The van der Waals surface area contributed by atoms with Gasteiger partial charge in [0.2, 0.25) is 5.88 Å². The number of ketones is 1. The lowest BCUT2D eigenvalue weighted by atomic mass is 10.1. The molecule has 6 heteroatoms. The predicted octanol–water partition coefficient (Wildman–Crippen LogP) is 3.71. The highest BCUT2D eigenvalue weighted by molar-refractivity contribution is 6.04. The first-order chi connectivity index (χ1) is 12.0. The van der Waals surface area contributed by atoms with Crippen molar-refractivity contribution >= 4 is 23.7 Å². The van der Waals surface area contributed by atoms with Crippen LogP contribution in [-0.2, 0) is 4.79 Å². The fourth-order valence-corrected chi connectivity index (χ4v) is 2.33. The topological polar surface area (TPSA) is 92.3 Å². The number of nitriles is 1. The summed E-state index contributed by atoms with van der Waals surface area (Å²) in [6, 6.07) is 9.15. The molecule has 0 bridgehead atoms. The Morgan fingerprint density at radius 1 is 1.32 bits per heavy atom. The van der Waals surface area contributed by atoms with Gasteiger partial charge in [-0.1, -0.05) is 12.1 Å². The molecule has 1 aromatic heterocycles. The number of aryl methyl sites for hydroxylation is 1. The third kappa shape index (κ3) is 4.36. The second-order valence-corrected chi connectivity index (χ2v) is 5.23. The van der Waals surface area contributed by atoms with E-state index >= 15 is 0 Å². The zero-order valence-electron chi connectivity index (χ0n) is 14.3. The number of nitrogens with one attached hydrogen (secondary N) is 1. The monoisotopic (exact) mass is 338 g/mol. The zero-order valence-corrected chi connectivity index (χ0v) is 14.3. The summed E-state index contributed by atoms with van der Waals surface area (Å²) < 4.78 is 10.7. The van der Waals surface area contributed by atoms with E-state index in [9.17, 15) is 14.9 Å². The average Bonchev–Trinajstić information content (AvgIpc) is 2.89. The maximum Gasteiger partial charge on any atom is 0.250 e. The van der Waals surface area contributed by atoms with Crippen molar-refractivity contribution in [3.05, 3.63) is 52.8 Å². The number of hydrogen-bond acceptors (Lipinski definition) is 5. The first-order valence-corrected chi connectivity index (χ1v) is 7.72. The molecule has 0 fully saturated rings. The van der Waals surface area contributed by atoms with Gasteiger partial charge in [-0.15, -0.1) is 0 Å². The minimum absolute atomic E-state index is 0.0217. The normalized spacial score (nSPS) is 10.5. The number of carbonyl (C=O) groups excluding carboxylic acids is 2.